The van der Waals surface area contributed by atoms with E-state index in [0.717, 1.165) is 48.8 Å². The van der Waals surface area contributed by atoms with Gasteiger partial charge in [-0.2, -0.15) is 5.10 Å². The third-order valence-corrected chi connectivity index (χ3v) is 9.73. The van der Waals surface area contributed by atoms with Crippen molar-refractivity contribution < 1.29 is 24.2 Å². The predicted molar refractivity (Wildman–Crippen MR) is 183 cm³/mol. The Morgan fingerprint density at radius 2 is 1.76 bits per heavy atom. The number of aliphatic hydroxyl groups is 1. The van der Waals surface area contributed by atoms with Crippen LogP contribution in [0.25, 0.3) is 10.9 Å². The van der Waals surface area contributed by atoms with Crippen LogP contribution in [0.15, 0.2) is 18.2 Å². The fourth-order valence-electron chi connectivity index (χ4n) is 6.41. The van der Waals surface area contributed by atoms with Crippen molar-refractivity contribution in [3.8, 4) is 0 Å². The van der Waals surface area contributed by atoms with E-state index in [1.807, 2.05) is 34.6 Å². The van der Waals surface area contributed by atoms with Gasteiger partial charge in [0.1, 0.15) is 0 Å². The lowest BCUT2D eigenvalue weighted by atomic mass is 9.80. The molecule has 1 fully saturated rings. The molecule has 0 saturated carbocycles. The van der Waals surface area contributed by atoms with Crippen molar-refractivity contribution in [1.82, 2.24) is 20.4 Å². The van der Waals surface area contributed by atoms with Crippen LogP contribution in [-0.2, 0) is 32.0 Å². The number of methoxy groups -OCH3 is 1. The van der Waals surface area contributed by atoms with Gasteiger partial charge >= 0.3 is 0 Å². The molecular formula is C36H61N5O5. The van der Waals surface area contributed by atoms with Gasteiger partial charge in [0.15, 0.2) is 0 Å². The summed E-state index contributed by atoms with van der Waals surface area (Å²) >= 11 is 0. The highest BCUT2D eigenvalue weighted by Crippen LogP contribution is 2.29. The Morgan fingerprint density at radius 1 is 1.07 bits per heavy atom. The molecule has 0 bridgehead atoms. The summed E-state index contributed by atoms with van der Waals surface area (Å²) in [6, 6.07) is 5.39. The normalized spacial score (nSPS) is 17.8. The molecule has 1 saturated heterocycles. The van der Waals surface area contributed by atoms with E-state index in [0.29, 0.717) is 26.2 Å². The zero-order chi connectivity index (χ0) is 34.0. The van der Waals surface area contributed by atoms with Crippen LogP contribution in [0.4, 0.5) is 0 Å². The van der Waals surface area contributed by atoms with Gasteiger partial charge in [-0.3, -0.25) is 14.3 Å². The third-order valence-electron chi connectivity index (χ3n) is 9.73. The minimum absolute atomic E-state index is 0.0218. The first-order valence-electron chi connectivity index (χ1n) is 17.4. The maximum atomic E-state index is 13.4. The molecule has 2 unspecified atom stereocenters. The average Bonchev–Trinajstić information content (AvgIpc) is 3.32. The molecule has 0 spiro atoms. The van der Waals surface area contributed by atoms with E-state index >= 15 is 0 Å². The van der Waals surface area contributed by atoms with Crippen LogP contribution in [0.5, 0.6) is 0 Å². The first-order valence-corrected chi connectivity index (χ1v) is 17.4. The van der Waals surface area contributed by atoms with Gasteiger partial charge in [-0.05, 0) is 80.8 Å². The molecule has 3 rings (SSSR count). The first kappa shape index (κ1) is 37.9. The van der Waals surface area contributed by atoms with E-state index < -0.39 is 24.1 Å². The van der Waals surface area contributed by atoms with Crippen LogP contribution in [0.3, 0.4) is 0 Å². The molecule has 46 heavy (non-hydrogen) atoms. The zero-order valence-electron chi connectivity index (χ0n) is 29.6. The quantitative estimate of drug-likeness (QED) is 0.177. The highest BCUT2D eigenvalue weighted by atomic mass is 16.5. The van der Waals surface area contributed by atoms with Crippen LogP contribution in [0, 0.1) is 36.5 Å². The van der Waals surface area contributed by atoms with Crippen LogP contribution in [0.1, 0.15) is 84.9 Å². The van der Waals surface area contributed by atoms with Crippen LogP contribution < -0.4 is 16.4 Å². The van der Waals surface area contributed by atoms with Gasteiger partial charge in [-0.15, -0.1) is 0 Å². The van der Waals surface area contributed by atoms with E-state index in [2.05, 4.69) is 47.4 Å². The molecular weight excluding hydrogens is 582 g/mol. The van der Waals surface area contributed by atoms with Crippen molar-refractivity contribution in [3.05, 3.63) is 29.5 Å². The lowest BCUT2D eigenvalue weighted by molar-refractivity contribution is -0.129. The lowest BCUT2D eigenvalue weighted by Gasteiger charge is -2.34. The Hall–Kier alpha value is -2.53. The number of nitrogens with one attached hydrogen (secondary N) is 2. The Kier molecular flexibility index (Phi) is 14.9. The summed E-state index contributed by atoms with van der Waals surface area (Å²) in [4.78, 5) is 26.7. The van der Waals surface area contributed by atoms with E-state index in [9.17, 15) is 14.7 Å². The smallest absolute Gasteiger partial charge is 0.237 e. The van der Waals surface area contributed by atoms with Crippen LogP contribution >= 0.6 is 0 Å². The Labute approximate surface area is 276 Å². The van der Waals surface area contributed by atoms with Crippen molar-refractivity contribution >= 4 is 22.7 Å². The molecule has 10 nitrogen and oxygen atoms in total. The number of fused-ring (bicyclic) bond motifs is 1. The number of carbonyl (C=O) groups is 2. The number of amides is 2. The maximum Gasteiger partial charge on any atom is 0.237 e. The van der Waals surface area contributed by atoms with Gasteiger partial charge in [0.05, 0.1) is 29.4 Å². The summed E-state index contributed by atoms with van der Waals surface area (Å²) in [6.45, 7) is 17.0. The van der Waals surface area contributed by atoms with E-state index in [1.165, 1.54) is 5.56 Å². The molecule has 5 N–H and O–H groups in total. The molecule has 0 aliphatic carbocycles. The first-order chi connectivity index (χ1) is 21.8. The van der Waals surface area contributed by atoms with Gasteiger partial charge in [0.2, 0.25) is 11.8 Å². The van der Waals surface area contributed by atoms with Crippen molar-refractivity contribution in [2.75, 3.05) is 26.9 Å². The standard InChI is InChI=1S/C36H61N5O5/c1-22(2)27(18-26-10-11-29-25(7)40-41(32(29)19-26)14-9-15-45-8)20-31(39-36(44)34(37)24(5)6)33(42)21-30(23(3)4)35(43)38-28-12-16-46-17-13-28/h10-11,19,22-24,27-28,30-31,33-34,42H,9,12-18,20-21,37H2,1-8H3,(H,38,43)(H,39,44)/t27?,30-,31-,33?,34-/m0/s1. The topological polar surface area (TPSA) is 141 Å². The Morgan fingerprint density at radius 3 is 2.37 bits per heavy atom. The maximum absolute atomic E-state index is 13.4. The number of aliphatic hydroxyl groups excluding tert-OH is 1. The molecule has 1 aliphatic rings. The summed E-state index contributed by atoms with van der Waals surface area (Å²) in [5.74, 6) is -0.288. The van der Waals surface area contributed by atoms with Gasteiger partial charge in [0, 0.05) is 50.8 Å². The molecule has 2 aromatic rings. The van der Waals surface area contributed by atoms with Crippen LogP contribution in [-0.4, -0.2) is 77.9 Å². The number of carbonyl (C=O) groups excluding carboxylic acids is 2. The van der Waals surface area contributed by atoms with Crippen LogP contribution in [0.2, 0.25) is 0 Å². The third kappa shape index (κ3) is 10.8. The van der Waals surface area contributed by atoms with Gasteiger partial charge in [-0.1, -0.05) is 53.7 Å². The fourth-order valence-corrected chi connectivity index (χ4v) is 6.41. The Balaban J connectivity index is 1.83. The summed E-state index contributed by atoms with van der Waals surface area (Å²) in [5.41, 5.74) is 9.56. The van der Waals surface area contributed by atoms with Crippen molar-refractivity contribution in [1.29, 1.82) is 0 Å². The number of aromatic nitrogens is 2. The second kappa shape index (κ2) is 18.1. The highest BCUT2D eigenvalue weighted by molar-refractivity contribution is 5.83. The summed E-state index contributed by atoms with van der Waals surface area (Å²) in [7, 11) is 1.71. The molecule has 2 amide bonds. The summed E-state index contributed by atoms with van der Waals surface area (Å²) in [5, 5.41) is 24.0. The number of ether oxygens (including phenoxy) is 2. The minimum atomic E-state index is -0.912. The average molecular weight is 644 g/mol. The van der Waals surface area contributed by atoms with Crippen molar-refractivity contribution in [2.24, 2.45) is 35.3 Å². The zero-order valence-corrected chi connectivity index (χ0v) is 29.6. The summed E-state index contributed by atoms with van der Waals surface area (Å²) in [6.07, 6.45) is 3.15. The number of hydrogen-bond acceptors (Lipinski definition) is 7. The minimum Gasteiger partial charge on any atom is -0.391 e. The number of benzene rings is 1. The number of rotatable bonds is 18. The second-order valence-electron chi connectivity index (χ2n) is 14.4. The molecule has 0 radical (unpaired) electrons. The molecule has 260 valence electrons. The van der Waals surface area contributed by atoms with Crippen molar-refractivity contribution in [2.45, 2.75) is 118 Å². The SMILES string of the molecule is COCCCn1nc(C)c2ccc(CC(C[C@H](NC(=O)[C@@H](N)C(C)C)C(O)C[C@H](C(=O)NC3CCOCC3)C(C)C)C(C)C)cc21. The largest absolute Gasteiger partial charge is 0.391 e. The van der Waals surface area contributed by atoms with Gasteiger partial charge < -0.3 is 30.9 Å². The molecule has 1 aromatic heterocycles. The van der Waals surface area contributed by atoms with Gasteiger partial charge in [0.25, 0.3) is 0 Å². The number of nitrogens with two attached hydrogens (primary N) is 1. The molecule has 10 heteroatoms. The van der Waals surface area contributed by atoms with Crippen molar-refractivity contribution in [3.63, 3.8) is 0 Å². The highest BCUT2D eigenvalue weighted by Gasteiger charge is 2.34. The predicted octanol–water partition coefficient (Wildman–Crippen LogP) is 4.37. The fraction of sp³-hybridized carbons (Fsp3) is 0.750. The molecule has 1 aromatic carbocycles. The van der Waals surface area contributed by atoms with E-state index in [-0.39, 0.29) is 47.9 Å². The molecule has 2 heterocycles. The molecule has 5 atom stereocenters. The number of hydrogen-bond donors (Lipinski definition) is 4. The number of aryl methyl sites for hydroxylation is 2. The monoisotopic (exact) mass is 643 g/mol. The molecule has 1 aliphatic heterocycles. The lowest BCUT2D eigenvalue weighted by Crippen LogP contribution is -2.53. The summed E-state index contributed by atoms with van der Waals surface area (Å²) < 4.78 is 12.8. The van der Waals surface area contributed by atoms with E-state index in [1.54, 1.807) is 7.11 Å². The Bertz CT molecular complexity index is 1240. The second-order valence-corrected chi connectivity index (χ2v) is 14.4. The number of nitrogens with zero attached hydrogens (tertiary/aromatic N) is 2. The van der Waals surface area contributed by atoms with E-state index in [4.69, 9.17) is 20.3 Å². The van der Waals surface area contributed by atoms with Gasteiger partial charge in [-0.25, -0.2) is 0 Å².